The number of benzene rings is 1. The molecular weight excluding hydrogens is 318 g/mol. The Morgan fingerprint density at radius 2 is 2.16 bits per heavy atom. The second-order valence-electron chi connectivity index (χ2n) is 5.14. The summed E-state index contributed by atoms with van der Waals surface area (Å²) >= 11 is 5.47. The van der Waals surface area contributed by atoms with Crippen molar-refractivity contribution in [1.29, 1.82) is 0 Å². The summed E-state index contributed by atoms with van der Waals surface area (Å²) < 4.78 is 1.18. The molecule has 1 heterocycles. The van der Waals surface area contributed by atoms with Gasteiger partial charge in [-0.15, -0.1) is 11.3 Å². The van der Waals surface area contributed by atoms with Crippen LogP contribution in [0.5, 0.6) is 0 Å². The maximum atomic E-state index is 4.85. The number of unbranched alkanes of at least 4 members (excludes halogenated alkanes) is 2. The average Bonchev–Trinajstić information content (AvgIpc) is 2.81. The van der Waals surface area contributed by atoms with Gasteiger partial charge in [0.2, 0.25) is 0 Å². The Kier molecular flexibility index (Phi) is 4.04. The molecule has 3 rings (SSSR count). The van der Waals surface area contributed by atoms with Crippen LogP contribution in [0.25, 0.3) is 10.4 Å². The molecule has 3 heteroatoms. The third-order valence-electron chi connectivity index (χ3n) is 3.68. The Hall–Kier alpha value is -0.670. The Bertz CT molecular complexity index is 588. The number of thiazole rings is 1. The van der Waals surface area contributed by atoms with Crippen molar-refractivity contribution in [1.82, 2.24) is 4.98 Å². The zero-order valence-corrected chi connectivity index (χ0v) is 13.6. The predicted octanol–water partition coefficient (Wildman–Crippen LogP) is 5.40. The third kappa shape index (κ3) is 2.77. The fourth-order valence-corrected chi connectivity index (χ4v) is 4.28. The molecule has 1 aliphatic rings. The van der Waals surface area contributed by atoms with Gasteiger partial charge >= 0.3 is 0 Å². The molecule has 0 saturated heterocycles. The van der Waals surface area contributed by atoms with Crippen molar-refractivity contribution in [3.05, 3.63) is 38.9 Å². The first kappa shape index (κ1) is 13.3. The van der Waals surface area contributed by atoms with E-state index < -0.39 is 0 Å². The van der Waals surface area contributed by atoms with Crippen molar-refractivity contribution in [2.24, 2.45) is 0 Å². The molecular formula is C16H18BrNS. The summed E-state index contributed by atoms with van der Waals surface area (Å²) in [5, 5.41) is 1.33. The Balaban J connectivity index is 1.89. The molecule has 0 amide bonds. The van der Waals surface area contributed by atoms with Gasteiger partial charge in [-0.05, 0) is 48.9 Å². The summed E-state index contributed by atoms with van der Waals surface area (Å²) in [5.41, 5.74) is 4.20. The van der Waals surface area contributed by atoms with Crippen molar-refractivity contribution < 1.29 is 0 Å². The Morgan fingerprint density at radius 3 is 3.00 bits per heavy atom. The van der Waals surface area contributed by atoms with E-state index in [-0.39, 0.29) is 0 Å². The molecule has 1 nitrogen and oxygen atoms in total. The molecule has 100 valence electrons. The minimum Gasteiger partial charge on any atom is -0.246 e. The molecule has 0 aliphatic heterocycles. The fourth-order valence-electron chi connectivity index (χ4n) is 2.66. The highest BCUT2D eigenvalue weighted by molar-refractivity contribution is 9.10. The van der Waals surface area contributed by atoms with E-state index in [0.29, 0.717) is 0 Å². The van der Waals surface area contributed by atoms with Crippen LogP contribution in [-0.2, 0) is 19.3 Å². The third-order valence-corrected chi connectivity index (χ3v) is 5.36. The molecule has 0 saturated carbocycles. The monoisotopic (exact) mass is 335 g/mol. The van der Waals surface area contributed by atoms with E-state index in [4.69, 9.17) is 4.98 Å². The Morgan fingerprint density at radius 1 is 1.26 bits per heavy atom. The molecule has 0 bridgehead atoms. The first-order valence-corrected chi connectivity index (χ1v) is 8.66. The van der Waals surface area contributed by atoms with E-state index in [0.717, 1.165) is 19.3 Å². The van der Waals surface area contributed by atoms with Crippen LogP contribution < -0.4 is 0 Å². The highest BCUT2D eigenvalue weighted by Gasteiger charge is 2.20. The average molecular weight is 336 g/mol. The molecule has 0 radical (unpaired) electrons. The number of aromatic nitrogens is 1. The van der Waals surface area contributed by atoms with Crippen molar-refractivity contribution in [3.8, 4) is 10.4 Å². The van der Waals surface area contributed by atoms with Gasteiger partial charge in [0.25, 0.3) is 0 Å². The quantitative estimate of drug-likeness (QED) is 0.681. The summed E-state index contributed by atoms with van der Waals surface area (Å²) in [4.78, 5) is 6.27. The fraction of sp³-hybridized carbons (Fsp3) is 0.438. The molecule has 19 heavy (non-hydrogen) atoms. The lowest BCUT2D eigenvalue weighted by atomic mass is 9.94. The molecule has 0 atom stereocenters. The van der Waals surface area contributed by atoms with E-state index in [9.17, 15) is 0 Å². The smallest absolute Gasteiger partial charge is 0.0934 e. The summed E-state index contributed by atoms with van der Waals surface area (Å²) in [5.74, 6) is 0. The van der Waals surface area contributed by atoms with Crippen LogP contribution in [0.15, 0.2) is 22.7 Å². The van der Waals surface area contributed by atoms with Gasteiger partial charge < -0.3 is 0 Å². The standard InChI is InChI=1S/C16H18BrNS/c1-2-3-4-5-15-18-14-9-6-11-10-12(17)7-8-13(11)16(14)19-15/h7-8,10H,2-6,9H2,1H3. The van der Waals surface area contributed by atoms with Gasteiger partial charge in [-0.2, -0.15) is 0 Å². The van der Waals surface area contributed by atoms with Crippen molar-refractivity contribution in [3.63, 3.8) is 0 Å². The highest BCUT2D eigenvalue weighted by atomic mass is 79.9. The van der Waals surface area contributed by atoms with Crippen LogP contribution in [0.1, 0.15) is 42.5 Å². The van der Waals surface area contributed by atoms with Gasteiger partial charge in [-0.3, -0.25) is 0 Å². The minimum atomic E-state index is 1.10. The largest absolute Gasteiger partial charge is 0.246 e. The molecule has 1 aromatic heterocycles. The van der Waals surface area contributed by atoms with Gasteiger partial charge in [0, 0.05) is 4.47 Å². The first-order valence-electron chi connectivity index (χ1n) is 7.05. The van der Waals surface area contributed by atoms with Crippen LogP contribution in [0, 0.1) is 0 Å². The van der Waals surface area contributed by atoms with Crippen molar-refractivity contribution in [2.45, 2.75) is 45.4 Å². The molecule has 1 aromatic carbocycles. The lowest BCUT2D eigenvalue weighted by molar-refractivity contribution is 0.712. The molecule has 2 aromatic rings. The van der Waals surface area contributed by atoms with Gasteiger partial charge in [-0.25, -0.2) is 4.98 Å². The summed E-state index contributed by atoms with van der Waals surface area (Å²) in [6.45, 7) is 2.25. The zero-order chi connectivity index (χ0) is 13.2. The van der Waals surface area contributed by atoms with Crippen LogP contribution in [0.2, 0.25) is 0 Å². The van der Waals surface area contributed by atoms with E-state index in [1.165, 1.54) is 50.4 Å². The van der Waals surface area contributed by atoms with Gasteiger partial charge in [0.1, 0.15) is 0 Å². The number of aryl methyl sites for hydroxylation is 3. The van der Waals surface area contributed by atoms with E-state index in [1.54, 1.807) is 0 Å². The van der Waals surface area contributed by atoms with Crippen LogP contribution in [0.3, 0.4) is 0 Å². The van der Waals surface area contributed by atoms with E-state index in [1.807, 2.05) is 11.3 Å². The first-order chi connectivity index (χ1) is 9.28. The summed E-state index contributed by atoms with van der Waals surface area (Å²) in [7, 11) is 0. The second-order valence-corrected chi connectivity index (χ2v) is 7.14. The number of rotatable bonds is 4. The second kappa shape index (κ2) is 5.76. The highest BCUT2D eigenvalue weighted by Crippen LogP contribution is 2.39. The maximum absolute atomic E-state index is 4.85. The molecule has 0 N–H and O–H groups in total. The molecule has 1 aliphatic carbocycles. The van der Waals surface area contributed by atoms with Crippen molar-refractivity contribution in [2.75, 3.05) is 0 Å². The van der Waals surface area contributed by atoms with Gasteiger partial charge in [0.05, 0.1) is 15.6 Å². The van der Waals surface area contributed by atoms with Crippen molar-refractivity contribution >= 4 is 27.3 Å². The SMILES string of the molecule is CCCCCc1nc2c(s1)-c1ccc(Br)cc1CC2. The van der Waals surface area contributed by atoms with Crippen LogP contribution in [0.4, 0.5) is 0 Å². The summed E-state index contributed by atoms with van der Waals surface area (Å²) in [6, 6.07) is 6.64. The number of nitrogens with zero attached hydrogens (tertiary/aromatic N) is 1. The molecule has 0 unspecified atom stereocenters. The number of fused-ring (bicyclic) bond motifs is 3. The lowest BCUT2D eigenvalue weighted by Gasteiger charge is -2.14. The number of hydrogen-bond acceptors (Lipinski definition) is 2. The topological polar surface area (TPSA) is 12.9 Å². The van der Waals surface area contributed by atoms with E-state index >= 15 is 0 Å². The zero-order valence-electron chi connectivity index (χ0n) is 11.2. The molecule has 0 spiro atoms. The van der Waals surface area contributed by atoms with Gasteiger partial charge in [-0.1, -0.05) is 41.8 Å². The normalized spacial score (nSPS) is 13.2. The van der Waals surface area contributed by atoms with Crippen LogP contribution >= 0.6 is 27.3 Å². The molecule has 0 fully saturated rings. The Labute approximate surface area is 127 Å². The van der Waals surface area contributed by atoms with Crippen LogP contribution in [-0.4, -0.2) is 4.98 Å². The van der Waals surface area contributed by atoms with Gasteiger partial charge in [0.15, 0.2) is 0 Å². The predicted molar refractivity (Wildman–Crippen MR) is 85.9 cm³/mol. The number of halogens is 1. The van der Waals surface area contributed by atoms with E-state index in [2.05, 4.69) is 41.1 Å². The maximum Gasteiger partial charge on any atom is 0.0934 e. The lowest BCUT2D eigenvalue weighted by Crippen LogP contribution is -2.02. The number of hydrogen-bond donors (Lipinski definition) is 0. The summed E-state index contributed by atoms with van der Waals surface area (Å²) in [6.07, 6.45) is 7.24. The minimum absolute atomic E-state index is 1.10.